The van der Waals surface area contributed by atoms with Crippen molar-refractivity contribution < 1.29 is 43.6 Å². The maximum absolute atomic E-state index is 11.9. The minimum atomic E-state index is -2.18. The Morgan fingerprint density at radius 1 is 1.16 bits per heavy atom. The van der Waals surface area contributed by atoms with Gasteiger partial charge in [0, 0.05) is 9.16 Å². The first-order valence-corrected chi connectivity index (χ1v) is 11.6. The van der Waals surface area contributed by atoms with Crippen LogP contribution < -0.4 is 0 Å². The number of carboxylic acids is 1. The summed E-state index contributed by atoms with van der Waals surface area (Å²) in [6, 6.07) is 0. The molecular weight excluding hydrogens is 416 g/mol. The zero-order valence-corrected chi connectivity index (χ0v) is 18.1. The summed E-state index contributed by atoms with van der Waals surface area (Å²) in [5.41, 5.74) is 0.248. The standard InChI is InChI=1S/C24H34O8/c1-24-9-8-14-13-5-3-12(25)10-11(13)2-4-15(14)16(24)6-7-17(24)31-23-20(28)18(26)19(27)21(32-23)22(29)30/h10,13-21,23,26-28H,2-9H2,1H3,(H,29,30)/t13-,14+,15+,16-,17+,18-,19-,20+,21-,23+,24-/m0/s1/i7D2,17D. The molecule has 1 heterocycles. The van der Waals surface area contributed by atoms with E-state index in [9.17, 15) is 31.4 Å². The van der Waals surface area contributed by atoms with E-state index in [1.807, 2.05) is 6.92 Å². The molecule has 0 amide bonds. The highest BCUT2D eigenvalue weighted by molar-refractivity contribution is 5.91. The van der Waals surface area contributed by atoms with Crippen molar-refractivity contribution in [3.8, 4) is 0 Å². The van der Waals surface area contributed by atoms with E-state index in [0.29, 0.717) is 24.7 Å². The third-order valence-electron chi connectivity index (χ3n) is 8.74. The number of aliphatic carboxylic acids is 1. The molecular formula is C24H34O8. The molecule has 0 aromatic heterocycles. The molecule has 0 aromatic carbocycles. The van der Waals surface area contributed by atoms with Gasteiger partial charge in [0.1, 0.15) is 18.3 Å². The van der Waals surface area contributed by atoms with Gasteiger partial charge in [0.2, 0.25) is 0 Å². The van der Waals surface area contributed by atoms with Gasteiger partial charge in [0.05, 0.1) is 7.45 Å². The van der Waals surface area contributed by atoms with Gasteiger partial charge in [0.15, 0.2) is 18.2 Å². The minimum absolute atomic E-state index is 0.0786. The normalized spacial score (nSPS) is 56.0. The van der Waals surface area contributed by atoms with Gasteiger partial charge in [-0.15, -0.1) is 0 Å². The first-order chi connectivity index (χ1) is 16.3. The average Bonchev–Trinajstić information content (AvgIpc) is 2.95. The second kappa shape index (κ2) is 8.17. The largest absolute Gasteiger partial charge is 0.479 e. The van der Waals surface area contributed by atoms with Gasteiger partial charge in [-0.25, -0.2) is 4.79 Å². The Balaban J connectivity index is 1.44. The van der Waals surface area contributed by atoms with Crippen LogP contribution in [0.3, 0.4) is 0 Å². The first-order valence-electron chi connectivity index (χ1n) is 13.1. The van der Waals surface area contributed by atoms with Crippen LogP contribution >= 0.6 is 0 Å². The molecule has 0 radical (unpaired) electrons. The van der Waals surface area contributed by atoms with E-state index in [0.717, 1.165) is 25.7 Å². The highest BCUT2D eigenvalue weighted by atomic mass is 16.7. The molecule has 8 heteroatoms. The molecule has 0 unspecified atom stereocenters. The summed E-state index contributed by atoms with van der Waals surface area (Å²) in [7, 11) is 0. The lowest BCUT2D eigenvalue weighted by Gasteiger charge is -2.54. The summed E-state index contributed by atoms with van der Waals surface area (Å²) in [4.78, 5) is 23.4. The number of carboxylic acid groups (broad SMARTS) is 1. The van der Waals surface area contributed by atoms with Gasteiger partial charge < -0.3 is 29.9 Å². The molecule has 0 spiro atoms. The van der Waals surface area contributed by atoms with Gasteiger partial charge in [-0.05, 0) is 80.1 Å². The van der Waals surface area contributed by atoms with E-state index >= 15 is 0 Å². The van der Waals surface area contributed by atoms with E-state index < -0.39 is 54.5 Å². The Kier molecular flexibility index (Phi) is 4.86. The SMILES string of the molecule is [2H]C1([2H])C[C@H]2[C@@H]3CCC4=CC(=O)CC[C@@H]4[C@H]3CC[C@]2(C)[C@]1([2H])O[C@@H]1O[C@H](C(=O)O)[C@@H](O)[C@H](O)[C@H]1O. The monoisotopic (exact) mass is 453 g/mol. The Morgan fingerprint density at radius 3 is 2.69 bits per heavy atom. The molecule has 0 bridgehead atoms. The quantitative estimate of drug-likeness (QED) is 0.504. The van der Waals surface area contributed by atoms with Crippen LogP contribution in [0.15, 0.2) is 11.6 Å². The molecule has 4 aliphatic carbocycles. The van der Waals surface area contributed by atoms with E-state index in [1.165, 1.54) is 5.57 Å². The lowest BCUT2D eigenvalue weighted by Crippen LogP contribution is -2.61. The molecule has 11 atom stereocenters. The highest BCUT2D eigenvalue weighted by Gasteiger charge is 2.58. The summed E-state index contributed by atoms with van der Waals surface area (Å²) in [5, 5.41) is 40.0. The number of fused-ring (bicyclic) bond motifs is 5. The van der Waals surface area contributed by atoms with Crippen LogP contribution in [-0.2, 0) is 19.1 Å². The number of carbonyl (C=O) groups is 2. The molecule has 0 aromatic rings. The van der Waals surface area contributed by atoms with Crippen LogP contribution in [0.25, 0.3) is 0 Å². The summed E-state index contributed by atoms with van der Waals surface area (Å²) >= 11 is 0. The van der Waals surface area contributed by atoms with E-state index in [-0.39, 0.29) is 24.0 Å². The number of ketones is 1. The van der Waals surface area contributed by atoms with Gasteiger partial charge in [-0.1, -0.05) is 12.5 Å². The van der Waals surface area contributed by atoms with E-state index in [2.05, 4.69) is 0 Å². The van der Waals surface area contributed by atoms with Crippen molar-refractivity contribution in [2.45, 2.75) is 95.0 Å². The molecule has 5 aliphatic rings. The fourth-order valence-corrected chi connectivity index (χ4v) is 7.01. The van der Waals surface area contributed by atoms with Crippen molar-refractivity contribution in [2.24, 2.45) is 29.1 Å². The fourth-order valence-electron chi connectivity index (χ4n) is 7.01. The third kappa shape index (κ3) is 3.46. The highest BCUT2D eigenvalue weighted by Crippen LogP contribution is 2.62. The summed E-state index contributed by atoms with van der Waals surface area (Å²) in [6.45, 7) is 1.83. The maximum Gasteiger partial charge on any atom is 0.335 e. The Bertz CT molecular complexity index is 942. The minimum Gasteiger partial charge on any atom is -0.479 e. The van der Waals surface area contributed by atoms with Crippen molar-refractivity contribution in [3.05, 3.63) is 11.6 Å². The predicted octanol–water partition coefficient (Wildman–Crippen LogP) is 1.41. The average molecular weight is 454 g/mol. The topological polar surface area (TPSA) is 134 Å². The lowest BCUT2D eigenvalue weighted by molar-refractivity contribution is -0.312. The number of carbonyl (C=O) groups excluding carboxylic acids is 1. The lowest BCUT2D eigenvalue weighted by atomic mass is 9.52. The molecule has 8 nitrogen and oxygen atoms in total. The smallest absolute Gasteiger partial charge is 0.335 e. The number of aliphatic hydroxyl groups is 3. The van der Waals surface area contributed by atoms with Gasteiger partial charge in [-0.2, -0.15) is 0 Å². The van der Waals surface area contributed by atoms with Crippen LogP contribution in [-0.4, -0.2) is 69.0 Å². The zero-order chi connectivity index (χ0) is 25.5. The van der Waals surface area contributed by atoms with Crippen LogP contribution in [0.4, 0.5) is 0 Å². The van der Waals surface area contributed by atoms with Crippen LogP contribution in [0, 0.1) is 29.1 Å². The molecule has 4 fully saturated rings. The number of rotatable bonds is 3. The third-order valence-corrected chi connectivity index (χ3v) is 8.74. The molecule has 5 rings (SSSR count). The summed E-state index contributed by atoms with van der Waals surface area (Å²) < 4.78 is 38.1. The number of allylic oxidation sites excluding steroid dienone is 1. The van der Waals surface area contributed by atoms with Crippen LogP contribution in [0.1, 0.15) is 62.4 Å². The second-order valence-electron chi connectivity index (χ2n) is 10.3. The van der Waals surface area contributed by atoms with Crippen molar-refractivity contribution in [3.63, 3.8) is 0 Å². The molecule has 3 saturated carbocycles. The first kappa shape index (κ1) is 19.0. The Morgan fingerprint density at radius 2 is 1.94 bits per heavy atom. The van der Waals surface area contributed by atoms with Gasteiger partial charge >= 0.3 is 5.97 Å². The number of ether oxygens (including phenoxy) is 2. The van der Waals surface area contributed by atoms with Crippen molar-refractivity contribution in [1.29, 1.82) is 0 Å². The predicted molar refractivity (Wildman–Crippen MR) is 111 cm³/mol. The molecule has 1 saturated heterocycles. The Hall–Kier alpha value is -1.32. The van der Waals surface area contributed by atoms with Gasteiger partial charge in [-0.3, -0.25) is 4.79 Å². The van der Waals surface area contributed by atoms with Crippen molar-refractivity contribution in [1.82, 2.24) is 0 Å². The maximum atomic E-state index is 11.9. The number of aliphatic hydroxyl groups excluding tert-OH is 3. The summed E-state index contributed by atoms with van der Waals surface area (Å²) in [6.07, 6.45) is -7.56. The molecule has 178 valence electrons. The van der Waals surface area contributed by atoms with E-state index in [1.54, 1.807) is 6.08 Å². The summed E-state index contributed by atoms with van der Waals surface area (Å²) in [5.74, 6) is -0.800. The van der Waals surface area contributed by atoms with Crippen LogP contribution in [0.2, 0.25) is 0 Å². The van der Waals surface area contributed by atoms with Crippen molar-refractivity contribution >= 4 is 11.8 Å². The number of hydrogen-bond acceptors (Lipinski definition) is 7. The second-order valence-corrected chi connectivity index (χ2v) is 10.3. The van der Waals surface area contributed by atoms with Gasteiger partial charge in [0.25, 0.3) is 0 Å². The van der Waals surface area contributed by atoms with Crippen molar-refractivity contribution in [2.75, 3.05) is 0 Å². The molecule has 4 N–H and O–H groups in total. The Labute approximate surface area is 191 Å². The molecule has 32 heavy (non-hydrogen) atoms. The zero-order valence-electron chi connectivity index (χ0n) is 21.1. The fraction of sp³-hybridized carbons (Fsp3) is 0.833. The number of hydrogen-bond donors (Lipinski definition) is 4. The van der Waals surface area contributed by atoms with E-state index in [4.69, 9.17) is 12.2 Å². The molecule has 1 aliphatic heterocycles. The van der Waals surface area contributed by atoms with Crippen LogP contribution in [0.5, 0.6) is 0 Å².